The first kappa shape index (κ1) is 11.4. The van der Waals surface area contributed by atoms with Gasteiger partial charge in [0.15, 0.2) is 9.84 Å². The standard InChI is InChI=1S/C12H12O2S2/c1-16(13,14)9-10-5-2-3-6-11(10)12-7-4-8-15-12/h2-8H,9H2,1H3. The highest BCUT2D eigenvalue weighted by molar-refractivity contribution is 7.89. The summed E-state index contributed by atoms with van der Waals surface area (Å²) in [5, 5.41) is 1.99. The Balaban J connectivity index is 2.47. The van der Waals surface area contributed by atoms with Gasteiger partial charge in [-0.3, -0.25) is 0 Å². The number of benzene rings is 1. The summed E-state index contributed by atoms with van der Waals surface area (Å²) in [6.45, 7) is 0. The molecule has 84 valence electrons. The molecule has 0 bridgehead atoms. The maximum Gasteiger partial charge on any atom is 0.151 e. The van der Waals surface area contributed by atoms with E-state index in [0.29, 0.717) is 0 Å². The number of hydrogen-bond acceptors (Lipinski definition) is 3. The zero-order valence-electron chi connectivity index (χ0n) is 8.88. The molecule has 0 aliphatic rings. The molecular weight excluding hydrogens is 240 g/mol. The molecule has 1 aromatic heterocycles. The van der Waals surface area contributed by atoms with Crippen LogP contribution >= 0.6 is 11.3 Å². The van der Waals surface area contributed by atoms with Gasteiger partial charge < -0.3 is 0 Å². The van der Waals surface area contributed by atoms with Crippen LogP contribution < -0.4 is 0 Å². The van der Waals surface area contributed by atoms with Crippen LogP contribution in [-0.2, 0) is 15.6 Å². The minimum atomic E-state index is -2.99. The first-order valence-electron chi connectivity index (χ1n) is 4.86. The van der Waals surface area contributed by atoms with Gasteiger partial charge in [-0.25, -0.2) is 8.42 Å². The topological polar surface area (TPSA) is 34.1 Å². The molecule has 0 unspecified atom stereocenters. The molecule has 0 atom stereocenters. The van der Waals surface area contributed by atoms with E-state index in [1.54, 1.807) is 11.3 Å². The molecule has 1 heterocycles. The van der Waals surface area contributed by atoms with Crippen molar-refractivity contribution < 1.29 is 8.42 Å². The summed E-state index contributed by atoms with van der Waals surface area (Å²) in [5.41, 5.74) is 1.88. The van der Waals surface area contributed by atoms with Crippen LogP contribution in [0.5, 0.6) is 0 Å². The van der Waals surface area contributed by atoms with E-state index in [2.05, 4.69) is 0 Å². The van der Waals surface area contributed by atoms with Gasteiger partial charge in [0.2, 0.25) is 0 Å². The Morgan fingerprint density at radius 1 is 1.12 bits per heavy atom. The van der Waals surface area contributed by atoms with Crippen molar-refractivity contribution in [2.24, 2.45) is 0 Å². The molecule has 0 radical (unpaired) electrons. The maximum atomic E-state index is 11.3. The van der Waals surface area contributed by atoms with Crippen LogP contribution in [0.25, 0.3) is 10.4 Å². The SMILES string of the molecule is CS(=O)(=O)Cc1ccccc1-c1cccs1. The lowest BCUT2D eigenvalue weighted by atomic mass is 10.1. The molecule has 0 fully saturated rings. The van der Waals surface area contributed by atoms with E-state index in [1.165, 1.54) is 6.26 Å². The summed E-state index contributed by atoms with van der Waals surface area (Å²) >= 11 is 1.62. The Kier molecular flexibility index (Phi) is 3.12. The molecule has 0 aliphatic heterocycles. The van der Waals surface area contributed by atoms with E-state index in [1.807, 2.05) is 41.8 Å². The van der Waals surface area contributed by atoms with E-state index in [-0.39, 0.29) is 5.75 Å². The highest BCUT2D eigenvalue weighted by Gasteiger charge is 2.10. The summed E-state index contributed by atoms with van der Waals surface area (Å²) in [5.74, 6) is 0.0983. The van der Waals surface area contributed by atoms with Gasteiger partial charge in [-0.15, -0.1) is 11.3 Å². The van der Waals surface area contributed by atoms with Crippen LogP contribution in [0.1, 0.15) is 5.56 Å². The van der Waals surface area contributed by atoms with Crippen LogP contribution in [0.3, 0.4) is 0 Å². The second-order valence-corrected chi connectivity index (χ2v) is 6.79. The third-order valence-electron chi connectivity index (χ3n) is 2.22. The first-order chi connectivity index (χ1) is 7.56. The molecule has 0 saturated heterocycles. The first-order valence-corrected chi connectivity index (χ1v) is 7.80. The van der Waals surface area contributed by atoms with Crippen molar-refractivity contribution in [3.63, 3.8) is 0 Å². The Morgan fingerprint density at radius 2 is 1.88 bits per heavy atom. The van der Waals surface area contributed by atoms with Gasteiger partial charge in [0.1, 0.15) is 0 Å². The zero-order chi connectivity index (χ0) is 11.6. The van der Waals surface area contributed by atoms with E-state index >= 15 is 0 Å². The van der Waals surface area contributed by atoms with Crippen LogP contribution in [0.2, 0.25) is 0 Å². The average molecular weight is 252 g/mol. The minimum Gasteiger partial charge on any atom is -0.229 e. The summed E-state index contributed by atoms with van der Waals surface area (Å²) in [7, 11) is -2.99. The summed E-state index contributed by atoms with van der Waals surface area (Å²) < 4.78 is 22.7. The molecule has 2 aromatic rings. The fourth-order valence-electron chi connectivity index (χ4n) is 1.60. The molecule has 2 rings (SSSR count). The molecule has 1 aromatic carbocycles. The molecular formula is C12H12O2S2. The number of hydrogen-bond donors (Lipinski definition) is 0. The second kappa shape index (κ2) is 4.39. The largest absolute Gasteiger partial charge is 0.229 e. The lowest BCUT2D eigenvalue weighted by Gasteiger charge is -2.06. The number of rotatable bonds is 3. The molecule has 16 heavy (non-hydrogen) atoms. The Bertz CT molecular complexity index is 569. The van der Waals surface area contributed by atoms with Gasteiger partial charge in [0.05, 0.1) is 5.75 Å². The predicted molar refractivity (Wildman–Crippen MR) is 68.3 cm³/mol. The van der Waals surface area contributed by atoms with Crippen molar-refractivity contribution in [3.8, 4) is 10.4 Å². The Labute approximate surface area is 99.5 Å². The number of sulfone groups is 1. The van der Waals surface area contributed by atoms with Crippen molar-refractivity contribution >= 4 is 21.2 Å². The van der Waals surface area contributed by atoms with Gasteiger partial charge in [-0.05, 0) is 22.6 Å². The van der Waals surface area contributed by atoms with Crippen molar-refractivity contribution in [1.29, 1.82) is 0 Å². The fraction of sp³-hybridized carbons (Fsp3) is 0.167. The highest BCUT2D eigenvalue weighted by Crippen LogP contribution is 2.28. The van der Waals surface area contributed by atoms with Crippen molar-refractivity contribution in [2.45, 2.75) is 5.75 Å². The number of thiophene rings is 1. The molecule has 2 nitrogen and oxygen atoms in total. The van der Waals surface area contributed by atoms with Crippen molar-refractivity contribution in [2.75, 3.05) is 6.26 Å². The Morgan fingerprint density at radius 3 is 2.50 bits per heavy atom. The quantitative estimate of drug-likeness (QED) is 0.841. The summed E-state index contributed by atoms with van der Waals surface area (Å²) in [4.78, 5) is 1.11. The lowest BCUT2D eigenvalue weighted by Crippen LogP contribution is -2.01. The van der Waals surface area contributed by atoms with E-state index in [0.717, 1.165) is 16.0 Å². The maximum absolute atomic E-state index is 11.3. The molecule has 0 saturated carbocycles. The normalized spacial score (nSPS) is 11.6. The van der Waals surface area contributed by atoms with Gasteiger partial charge in [-0.2, -0.15) is 0 Å². The fourth-order valence-corrected chi connectivity index (χ4v) is 3.20. The third-order valence-corrected chi connectivity index (χ3v) is 3.96. The third kappa shape index (κ3) is 2.71. The van der Waals surface area contributed by atoms with Crippen LogP contribution in [0.15, 0.2) is 41.8 Å². The van der Waals surface area contributed by atoms with Gasteiger partial charge in [-0.1, -0.05) is 30.3 Å². The Hall–Kier alpha value is -1.13. The van der Waals surface area contributed by atoms with Crippen molar-refractivity contribution in [1.82, 2.24) is 0 Å². The highest BCUT2D eigenvalue weighted by atomic mass is 32.2. The molecule has 0 aliphatic carbocycles. The van der Waals surface area contributed by atoms with E-state index in [4.69, 9.17) is 0 Å². The molecule has 4 heteroatoms. The monoisotopic (exact) mass is 252 g/mol. The van der Waals surface area contributed by atoms with E-state index in [9.17, 15) is 8.42 Å². The van der Waals surface area contributed by atoms with Crippen LogP contribution in [0, 0.1) is 0 Å². The molecule has 0 amide bonds. The van der Waals surface area contributed by atoms with Crippen molar-refractivity contribution in [3.05, 3.63) is 47.3 Å². The minimum absolute atomic E-state index is 0.0983. The molecule has 0 spiro atoms. The van der Waals surface area contributed by atoms with E-state index < -0.39 is 9.84 Å². The summed E-state index contributed by atoms with van der Waals surface area (Å²) in [6, 6.07) is 11.6. The smallest absolute Gasteiger partial charge is 0.151 e. The predicted octanol–water partition coefficient (Wildman–Crippen LogP) is 2.96. The summed E-state index contributed by atoms with van der Waals surface area (Å²) in [6.07, 6.45) is 1.26. The lowest BCUT2D eigenvalue weighted by molar-refractivity contribution is 0.601. The van der Waals surface area contributed by atoms with Gasteiger partial charge >= 0.3 is 0 Å². The zero-order valence-corrected chi connectivity index (χ0v) is 10.5. The van der Waals surface area contributed by atoms with Crippen LogP contribution in [0.4, 0.5) is 0 Å². The second-order valence-electron chi connectivity index (χ2n) is 3.70. The average Bonchev–Trinajstić information content (AvgIpc) is 2.69. The molecule has 0 N–H and O–H groups in total. The van der Waals surface area contributed by atoms with Gasteiger partial charge in [0.25, 0.3) is 0 Å². The van der Waals surface area contributed by atoms with Gasteiger partial charge in [0, 0.05) is 11.1 Å². The van der Waals surface area contributed by atoms with Crippen LogP contribution in [-0.4, -0.2) is 14.7 Å².